The number of aryl methyl sites for hydroxylation is 1. The predicted octanol–water partition coefficient (Wildman–Crippen LogP) is 3.10. The summed E-state index contributed by atoms with van der Waals surface area (Å²) in [6, 6.07) is 6.54. The van der Waals surface area contributed by atoms with Gasteiger partial charge in [0.25, 0.3) is 0 Å². The van der Waals surface area contributed by atoms with Crippen molar-refractivity contribution in [2.75, 3.05) is 30.3 Å². The molecule has 21 heavy (non-hydrogen) atoms. The molecule has 0 bridgehead atoms. The lowest BCUT2D eigenvalue weighted by molar-refractivity contribution is -0.114. The summed E-state index contributed by atoms with van der Waals surface area (Å²) >= 11 is 0. The molecular formula is C17H27N3O. The largest absolute Gasteiger partial charge is 0.382 e. The van der Waals surface area contributed by atoms with Crippen LogP contribution in [0.4, 0.5) is 11.4 Å². The molecule has 0 aliphatic carbocycles. The quantitative estimate of drug-likeness (QED) is 0.895. The van der Waals surface area contributed by atoms with Gasteiger partial charge in [-0.1, -0.05) is 19.9 Å². The van der Waals surface area contributed by atoms with E-state index in [9.17, 15) is 4.79 Å². The summed E-state index contributed by atoms with van der Waals surface area (Å²) in [5.74, 6) is 0.594. The molecule has 4 heteroatoms. The van der Waals surface area contributed by atoms with Gasteiger partial charge >= 0.3 is 0 Å². The molecule has 1 fully saturated rings. The zero-order valence-corrected chi connectivity index (χ0v) is 13.6. The van der Waals surface area contributed by atoms with Gasteiger partial charge in [-0.05, 0) is 43.5 Å². The highest BCUT2D eigenvalue weighted by molar-refractivity contribution is 5.89. The van der Waals surface area contributed by atoms with E-state index in [2.05, 4.69) is 42.4 Å². The monoisotopic (exact) mass is 289 g/mol. The molecule has 0 spiro atoms. The van der Waals surface area contributed by atoms with Crippen LogP contribution in [-0.2, 0) is 4.79 Å². The highest BCUT2D eigenvalue weighted by atomic mass is 16.1. The minimum absolute atomic E-state index is 0.0329. The Morgan fingerprint density at radius 1 is 1.43 bits per heavy atom. The third-order valence-corrected chi connectivity index (χ3v) is 4.34. The first-order valence-electron chi connectivity index (χ1n) is 7.86. The van der Waals surface area contributed by atoms with E-state index < -0.39 is 0 Å². The highest BCUT2D eigenvalue weighted by Crippen LogP contribution is 2.25. The Hall–Kier alpha value is -1.55. The number of nitrogens with one attached hydrogen (secondary N) is 2. The number of hydrogen-bond donors (Lipinski definition) is 2. The molecule has 0 radical (unpaired) electrons. The Morgan fingerprint density at radius 2 is 2.19 bits per heavy atom. The fourth-order valence-electron chi connectivity index (χ4n) is 2.99. The molecule has 116 valence electrons. The van der Waals surface area contributed by atoms with Crippen LogP contribution in [0.1, 0.15) is 32.8 Å². The second kappa shape index (κ2) is 6.94. The minimum Gasteiger partial charge on any atom is -0.382 e. The van der Waals surface area contributed by atoms with Gasteiger partial charge in [-0.3, -0.25) is 4.79 Å². The molecule has 0 unspecified atom stereocenters. The van der Waals surface area contributed by atoms with Crippen molar-refractivity contribution in [3.63, 3.8) is 0 Å². The number of carbonyl (C=O) groups excluding carboxylic acids is 1. The van der Waals surface area contributed by atoms with Gasteiger partial charge in [0.15, 0.2) is 0 Å². The van der Waals surface area contributed by atoms with Crippen LogP contribution in [0.5, 0.6) is 0 Å². The Bertz CT molecular complexity index is 501. The zero-order chi connectivity index (χ0) is 15.4. The first-order valence-corrected chi connectivity index (χ1v) is 7.86. The van der Waals surface area contributed by atoms with E-state index in [0.717, 1.165) is 31.0 Å². The molecule has 2 rings (SSSR count). The van der Waals surface area contributed by atoms with Crippen LogP contribution in [-0.4, -0.2) is 36.5 Å². The lowest BCUT2D eigenvalue weighted by Crippen LogP contribution is -2.45. The Balaban J connectivity index is 2.06. The van der Waals surface area contributed by atoms with Crippen molar-refractivity contribution in [2.45, 2.75) is 40.2 Å². The zero-order valence-electron chi connectivity index (χ0n) is 13.6. The van der Waals surface area contributed by atoms with Gasteiger partial charge < -0.3 is 15.5 Å². The molecule has 1 aliphatic rings. The molecule has 1 aromatic rings. The Morgan fingerprint density at radius 3 is 2.81 bits per heavy atom. The van der Waals surface area contributed by atoms with Crippen molar-refractivity contribution in [2.24, 2.45) is 5.92 Å². The molecule has 1 amide bonds. The average molecular weight is 289 g/mol. The van der Waals surface area contributed by atoms with Gasteiger partial charge in [-0.25, -0.2) is 0 Å². The number of hydrogen-bond acceptors (Lipinski definition) is 3. The molecule has 4 nitrogen and oxygen atoms in total. The Labute approximate surface area is 127 Å². The second-order valence-corrected chi connectivity index (χ2v) is 6.12. The van der Waals surface area contributed by atoms with Crippen LogP contribution in [0.3, 0.4) is 0 Å². The van der Waals surface area contributed by atoms with E-state index in [0.29, 0.717) is 12.0 Å². The van der Waals surface area contributed by atoms with Crippen molar-refractivity contribution < 1.29 is 4.79 Å². The molecule has 1 aliphatic heterocycles. The lowest BCUT2D eigenvalue weighted by Gasteiger charge is -2.37. The maximum atomic E-state index is 11.2. The van der Waals surface area contributed by atoms with E-state index in [1.807, 2.05) is 12.1 Å². The van der Waals surface area contributed by atoms with Crippen molar-refractivity contribution >= 4 is 17.3 Å². The van der Waals surface area contributed by atoms with Crippen LogP contribution in [0.15, 0.2) is 18.2 Å². The predicted molar refractivity (Wildman–Crippen MR) is 88.8 cm³/mol. The summed E-state index contributed by atoms with van der Waals surface area (Å²) in [5.41, 5.74) is 3.20. The van der Waals surface area contributed by atoms with E-state index >= 15 is 0 Å². The molecule has 2 N–H and O–H groups in total. The summed E-state index contributed by atoms with van der Waals surface area (Å²) in [6.07, 6.45) is 1.17. The first kappa shape index (κ1) is 15.8. The van der Waals surface area contributed by atoms with Crippen molar-refractivity contribution in [3.8, 4) is 0 Å². The summed E-state index contributed by atoms with van der Waals surface area (Å²) in [5, 5.41) is 6.53. The first-order chi connectivity index (χ1) is 9.99. The molecule has 1 aromatic carbocycles. The number of carbonyl (C=O) groups is 1. The smallest absolute Gasteiger partial charge is 0.221 e. The number of nitrogens with zero attached hydrogens (tertiary/aromatic N) is 1. The van der Waals surface area contributed by atoms with Crippen LogP contribution in [0, 0.1) is 12.8 Å². The van der Waals surface area contributed by atoms with Gasteiger partial charge in [-0.2, -0.15) is 0 Å². The van der Waals surface area contributed by atoms with Gasteiger partial charge in [0.1, 0.15) is 0 Å². The minimum atomic E-state index is -0.0329. The number of likely N-dealkylation sites (tertiary alicyclic amines) is 1. The molecule has 0 saturated carbocycles. The number of benzene rings is 1. The normalized spacial score (nSPS) is 22.9. The number of anilines is 2. The maximum Gasteiger partial charge on any atom is 0.221 e. The van der Waals surface area contributed by atoms with Crippen molar-refractivity contribution in [1.29, 1.82) is 0 Å². The van der Waals surface area contributed by atoms with Crippen LogP contribution >= 0.6 is 0 Å². The average Bonchev–Trinajstić information content (AvgIpc) is 2.44. The van der Waals surface area contributed by atoms with E-state index in [1.165, 1.54) is 18.9 Å². The highest BCUT2D eigenvalue weighted by Gasteiger charge is 2.25. The van der Waals surface area contributed by atoms with E-state index in [1.54, 1.807) is 0 Å². The third-order valence-electron chi connectivity index (χ3n) is 4.34. The Kier molecular flexibility index (Phi) is 5.23. The van der Waals surface area contributed by atoms with Gasteiger partial charge in [-0.15, -0.1) is 0 Å². The molecule has 0 aromatic heterocycles. The number of piperidine rings is 1. The summed E-state index contributed by atoms with van der Waals surface area (Å²) < 4.78 is 0. The molecule has 1 saturated heterocycles. The van der Waals surface area contributed by atoms with Crippen molar-refractivity contribution in [1.82, 2.24) is 4.90 Å². The van der Waals surface area contributed by atoms with Gasteiger partial charge in [0.2, 0.25) is 5.91 Å². The van der Waals surface area contributed by atoms with Crippen LogP contribution in [0.2, 0.25) is 0 Å². The van der Waals surface area contributed by atoms with Gasteiger partial charge in [0.05, 0.1) is 0 Å². The molecule has 2 atom stereocenters. The van der Waals surface area contributed by atoms with Crippen LogP contribution in [0.25, 0.3) is 0 Å². The maximum absolute atomic E-state index is 11.2. The van der Waals surface area contributed by atoms with E-state index in [-0.39, 0.29) is 5.91 Å². The fraction of sp³-hybridized carbons (Fsp3) is 0.588. The molecular weight excluding hydrogens is 262 g/mol. The summed E-state index contributed by atoms with van der Waals surface area (Å²) in [6.45, 7) is 11.6. The third kappa shape index (κ3) is 4.21. The number of amides is 1. The second-order valence-electron chi connectivity index (χ2n) is 6.12. The number of rotatable bonds is 4. The van der Waals surface area contributed by atoms with E-state index in [4.69, 9.17) is 0 Å². The van der Waals surface area contributed by atoms with Crippen molar-refractivity contribution in [3.05, 3.63) is 23.8 Å². The molecule has 1 heterocycles. The topological polar surface area (TPSA) is 44.4 Å². The van der Waals surface area contributed by atoms with Gasteiger partial charge in [0, 0.05) is 37.4 Å². The SMILES string of the molecule is CCN1CC[C@H](Nc2cc(NC(C)=O)ccc2C)[C@H](C)C1. The standard InChI is InChI=1S/C17H27N3O/c1-5-20-9-8-16(13(3)11-20)19-17-10-15(18-14(4)21)7-6-12(17)2/h6-7,10,13,16,19H,5,8-9,11H2,1-4H3,(H,18,21)/t13-,16+/m1/s1. The lowest BCUT2D eigenvalue weighted by atomic mass is 9.93. The fourth-order valence-corrected chi connectivity index (χ4v) is 2.99. The summed E-state index contributed by atoms with van der Waals surface area (Å²) in [4.78, 5) is 13.7. The van der Waals surface area contributed by atoms with Crippen LogP contribution < -0.4 is 10.6 Å². The summed E-state index contributed by atoms with van der Waals surface area (Å²) in [7, 11) is 0.